The van der Waals surface area contributed by atoms with Crippen LogP contribution in [0.25, 0.3) is 0 Å². The lowest BCUT2D eigenvalue weighted by Gasteiger charge is -2.26. The summed E-state index contributed by atoms with van der Waals surface area (Å²) in [4.78, 5) is 2.21. The van der Waals surface area contributed by atoms with Gasteiger partial charge in [0.25, 0.3) is 0 Å². The van der Waals surface area contributed by atoms with Crippen LogP contribution >= 0.6 is 11.6 Å². The Morgan fingerprint density at radius 2 is 1.85 bits per heavy atom. The van der Waals surface area contributed by atoms with E-state index in [2.05, 4.69) is 24.3 Å². The topological polar surface area (TPSA) is 15.3 Å². The molecule has 1 saturated carbocycles. The molecule has 1 rings (SSSR count). The van der Waals surface area contributed by atoms with E-state index < -0.39 is 0 Å². The Morgan fingerprint density at radius 3 is 2.38 bits per heavy atom. The molecule has 3 heteroatoms. The summed E-state index contributed by atoms with van der Waals surface area (Å²) in [6.07, 6.45) is 4.87. The Kier molecular flexibility index (Phi) is 5.07. The molecule has 78 valence electrons. The highest BCUT2D eigenvalue weighted by Gasteiger charge is 2.18. The van der Waals surface area contributed by atoms with Crippen molar-refractivity contribution in [2.75, 3.05) is 27.2 Å². The standard InChI is InChI=1S/C10H21ClN2/c1-13(2)8-7-12-10-5-3-9(11)4-6-10/h9-10,12H,3-8H2,1-2H3. The number of hydrogen-bond donors (Lipinski definition) is 1. The van der Waals surface area contributed by atoms with Crippen molar-refractivity contribution in [2.45, 2.75) is 37.1 Å². The number of alkyl halides is 1. The third kappa shape index (κ3) is 4.84. The first kappa shape index (κ1) is 11.3. The van der Waals surface area contributed by atoms with E-state index in [0.717, 1.165) is 19.1 Å². The van der Waals surface area contributed by atoms with Crippen LogP contribution in [-0.2, 0) is 0 Å². The van der Waals surface area contributed by atoms with Crippen LogP contribution in [0.15, 0.2) is 0 Å². The third-order valence-electron chi connectivity index (χ3n) is 2.65. The molecule has 2 nitrogen and oxygen atoms in total. The lowest BCUT2D eigenvalue weighted by Crippen LogP contribution is -2.37. The minimum atomic E-state index is 0.437. The molecule has 0 unspecified atom stereocenters. The van der Waals surface area contributed by atoms with Crippen LogP contribution in [0, 0.1) is 0 Å². The molecule has 0 bridgehead atoms. The summed E-state index contributed by atoms with van der Waals surface area (Å²) >= 11 is 6.03. The van der Waals surface area contributed by atoms with Gasteiger partial charge in [0.15, 0.2) is 0 Å². The molecule has 1 N–H and O–H groups in total. The zero-order valence-electron chi connectivity index (χ0n) is 8.72. The van der Waals surface area contributed by atoms with Gasteiger partial charge in [-0.3, -0.25) is 0 Å². The second kappa shape index (κ2) is 5.84. The first-order valence-corrected chi connectivity index (χ1v) is 5.64. The van der Waals surface area contributed by atoms with E-state index in [1.165, 1.54) is 25.7 Å². The Labute approximate surface area is 86.6 Å². The summed E-state index contributed by atoms with van der Waals surface area (Å²) in [5, 5.41) is 4.01. The molecule has 1 aliphatic rings. The number of nitrogens with one attached hydrogen (secondary N) is 1. The van der Waals surface area contributed by atoms with Gasteiger partial charge in [0.05, 0.1) is 0 Å². The molecule has 0 aromatic rings. The molecule has 0 aliphatic heterocycles. The van der Waals surface area contributed by atoms with Gasteiger partial charge in [-0.25, -0.2) is 0 Å². The van der Waals surface area contributed by atoms with Crippen molar-refractivity contribution in [1.82, 2.24) is 10.2 Å². The molecule has 0 spiro atoms. The quantitative estimate of drug-likeness (QED) is 0.702. The fourth-order valence-electron chi connectivity index (χ4n) is 1.75. The normalized spacial score (nSPS) is 29.5. The van der Waals surface area contributed by atoms with E-state index >= 15 is 0 Å². The van der Waals surface area contributed by atoms with Crippen LogP contribution in [0.4, 0.5) is 0 Å². The number of hydrogen-bond acceptors (Lipinski definition) is 2. The molecule has 1 aliphatic carbocycles. The first-order valence-electron chi connectivity index (χ1n) is 5.20. The zero-order chi connectivity index (χ0) is 9.68. The first-order chi connectivity index (χ1) is 6.18. The number of halogens is 1. The van der Waals surface area contributed by atoms with Crippen molar-refractivity contribution in [3.8, 4) is 0 Å². The number of likely N-dealkylation sites (N-methyl/N-ethyl adjacent to an activating group) is 1. The molecule has 0 radical (unpaired) electrons. The van der Waals surface area contributed by atoms with Crippen molar-refractivity contribution >= 4 is 11.6 Å². The second-order valence-electron chi connectivity index (χ2n) is 4.21. The van der Waals surface area contributed by atoms with Crippen molar-refractivity contribution in [3.63, 3.8) is 0 Å². The van der Waals surface area contributed by atoms with E-state index in [-0.39, 0.29) is 0 Å². The predicted octanol–water partition coefficient (Wildman–Crippen LogP) is 1.69. The van der Waals surface area contributed by atoms with E-state index in [0.29, 0.717) is 5.38 Å². The lowest BCUT2D eigenvalue weighted by atomic mass is 9.95. The maximum absolute atomic E-state index is 6.03. The van der Waals surface area contributed by atoms with E-state index in [9.17, 15) is 0 Å². The summed E-state index contributed by atoms with van der Waals surface area (Å²) < 4.78 is 0. The molecular formula is C10H21ClN2. The van der Waals surface area contributed by atoms with Crippen LogP contribution in [0.2, 0.25) is 0 Å². The van der Waals surface area contributed by atoms with E-state index in [1.807, 2.05) is 0 Å². The average molecular weight is 205 g/mol. The van der Waals surface area contributed by atoms with Gasteiger partial charge < -0.3 is 10.2 Å². The monoisotopic (exact) mass is 204 g/mol. The summed E-state index contributed by atoms with van der Waals surface area (Å²) in [5.41, 5.74) is 0. The van der Waals surface area contributed by atoms with Crippen molar-refractivity contribution in [3.05, 3.63) is 0 Å². The van der Waals surface area contributed by atoms with Crippen LogP contribution in [-0.4, -0.2) is 43.5 Å². The average Bonchev–Trinajstić information content (AvgIpc) is 2.08. The van der Waals surface area contributed by atoms with Gasteiger partial charge in [-0.2, -0.15) is 0 Å². The molecule has 0 heterocycles. The van der Waals surface area contributed by atoms with Crippen LogP contribution in [0.1, 0.15) is 25.7 Å². The maximum atomic E-state index is 6.03. The highest BCUT2D eigenvalue weighted by atomic mass is 35.5. The Bertz CT molecular complexity index is 131. The van der Waals surface area contributed by atoms with Crippen molar-refractivity contribution < 1.29 is 0 Å². The Balaban J connectivity index is 2.02. The highest BCUT2D eigenvalue weighted by molar-refractivity contribution is 6.20. The molecule has 0 atom stereocenters. The lowest BCUT2D eigenvalue weighted by molar-refractivity contribution is 0.342. The van der Waals surface area contributed by atoms with Gasteiger partial charge in [0.1, 0.15) is 0 Å². The molecule has 0 aromatic carbocycles. The van der Waals surface area contributed by atoms with Gasteiger partial charge in [0, 0.05) is 24.5 Å². The summed E-state index contributed by atoms with van der Waals surface area (Å²) in [6, 6.07) is 0.718. The van der Waals surface area contributed by atoms with Crippen LogP contribution in [0.3, 0.4) is 0 Å². The maximum Gasteiger partial charge on any atom is 0.0337 e. The SMILES string of the molecule is CN(C)CCNC1CCC(Cl)CC1. The summed E-state index contributed by atoms with van der Waals surface area (Å²) in [5.74, 6) is 0. The molecule has 1 fully saturated rings. The Hall–Kier alpha value is 0.210. The second-order valence-corrected chi connectivity index (χ2v) is 4.82. The van der Waals surface area contributed by atoms with Crippen molar-refractivity contribution in [1.29, 1.82) is 0 Å². The van der Waals surface area contributed by atoms with Crippen molar-refractivity contribution in [2.24, 2.45) is 0 Å². The zero-order valence-corrected chi connectivity index (χ0v) is 9.48. The number of nitrogens with zero attached hydrogens (tertiary/aromatic N) is 1. The van der Waals surface area contributed by atoms with Gasteiger partial charge in [-0.15, -0.1) is 11.6 Å². The van der Waals surface area contributed by atoms with Crippen LogP contribution in [0.5, 0.6) is 0 Å². The van der Waals surface area contributed by atoms with E-state index in [4.69, 9.17) is 11.6 Å². The van der Waals surface area contributed by atoms with Gasteiger partial charge in [-0.05, 0) is 39.8 Å². The Morgan fingerprint density at radius 1 is 1.23 bits per heavy atom. The van der Waals surface area contributed by atoms with E-state index in [1.54, 1.807) is 0 Å². The van der Waals surface area contributed by atoms with Gasteiger partial charge in [0.2, 0.25) is 0 Å². The smallest absolute Gasteiger partial charge is 0.0337 e. The highest BCUT2D eigenvalue weighted by Crippen LogP contribution is 2.22. The predicted molar refractivity (Wildman–Crippen MR) is 58.5 cm³/mol. The fraction of sp³-hybridized carbons (Fsp3) is 1.00. The molecule has 13 heavy (non-hydrogen) atoms. The fourth-order valence-corrected chi connectivity index (χ4v) is 2.00. The van der Waals surface area contributed by atoms with Crippen LogP contribution < -0.4 is 5.32 Å². The van der Waals surface area contributed by atoms with Gasteiger partial charge in [-0.1, -0.05) is 0 Å². The summed E-state index contributed by atoms with van der Waals surface area (Å²) in [6.45, 7) is 2.23. The summed E-state index contributed by atoms with van der Waals surface area (Å²) in [7, 11) is 4.22. The molecule has 0 aromatic heterocycles. The van der Waals surface area contributed by atoms with Gasteiger partial charge >= 0.3 is 0 Å². The molecule has 0 amide bonds. The minimum Gasteiger partial charge on any atom is -0.313 e. The largest absolute Gasteiger partial charge is 0.313 e. The molecular weight excluding hydrogens is 184 g/mol. The minimum absolute atomic E-state index is 0.437. The molecule has 0 saturated heterocycles. The number of rotatable bonds is 4. The third-order valence-corrected chi connectivity index (χ3v) is 3.09.